The van der Waals surface area contributed by atoms with Crippen LogP contribution in [0.25, 0.3) is 0 Å². The van der Waals surface area contributed by atoms with Gasteiger partial charge in [0.1, 0.15) is 24.4 Å². The van der Waals surface area contributed by atoms with Gasteiger partial charge in [-0.1, -0.05) is 204 Å². The van der Waals surface area contributed by atoms with Crippen molar-refractivity contribution in [1.82, 2.24) is 0 Å². The fourth-order valence-electron chi connectivity index (χ4n) is 10.9. The van der Waals surface area contributed by atoms with Gasteiger partial charge in [0.15, 0.2) is 6.29 Å². The van der Waals surface area contributed by atoms with Crippen LogP contribution in [0.1, 0.15) is 163 Å². The molecule has 0 aliphatic carbocycles. The van der Waals surface area contributed by atoms with Gasteiger partial charge >= 0.3 is 64.9 Å². The van der Waals surface area contributed by atoms with E-state index in [-0.39, 0.29) is 17.6 Å². The van der Waals surface area contributed by atoms with Gasteiger partial charge in [0, 0.05) is 37.2 Å². The predicted molar refractivity (Wildman–Crippen MR) is 392 cm³/mol. The predicted octanol–water partition coefficient (Wildman–Crippen LogP) is 16.9. The van der Waals surface area contributed by atoms with E-state index in [0.29, 0.717) is 84.2 Å². The second-order valence-corrected chi connectivity index (χ2v) is 61.2. The van der Waals surface area contributed by atoms with E-state index in [4.69, 9.17) is 49.6 Å². The number of aliphatic hydroxyl groups excluding tert-OH is 6. The first-order valence-corrected chi connectivity index (χ1v) is 53.1. The monoisotopic (exact) mass is 2040 g/mol. The van der Waals surface area contributed by atoms with Crippen molar-refractivity contribution in [2.75, 3.05) is 20.6 Å². The van der Waals surface area contributed by atoms with E-state index in [9.17, 15) is 0 Å². The van der Waals surface area contributed by atoms with Crippen molar-refractivity contribution in [2.45, 2.75) is 243 Å². The van der Waals surface area contributed by atoms with Crippen LogP contribution < -0.4 is 0 Å². The quantitative estimate of drug-likeness (QED) is 0.0700. The molecule has 0 aromatic rings. The Morgan fingerprint density at radius 1 is 0.429 bits per heavy atom. The minimum atomic E-state index is -1.57. The standard InChI is InChI=1S/2C13H24O.C12H24O.C11H22O2.C6H12O6.CH2I2.CH3I.I2.3HI.V/c2*1-6-8-13-11(5)9(3)10(4)12(7-2)14-13;1-6-11-9(4)8(3)10(5)12(7-2)13-11;1-5-10-8(3)7(2)9(4)11(6-12)13-10;7-1-2-3(8)4(9)5(10)6(11)12-2;2-1-3;2*1-2;;;;/h6,8-13H,7H2,1-5H3;6,9-13H,1,7-8H2,2-5H3;8-12H,6-7H2,1-5H3;7-12H,5-6H2,1-4H3;2-11H,1H2;1H2;1H3;;3*1H;/q;;;;;;;;;;;+3/p-3. The summed E-state index contributed by atoms with van der Waals surface area (Å²) >= 11 is 18.3. The molecule has 0 bridgehead atoms. The van der Waals surface area contributed by atoms with E-state index in [1.54, 1.807) is 0 Å². The van der Waals surface area contributed by atoms with Crippen LogP contribution in [0.15, 0.2) is 24.8 Å². The zero-order valence-electron chi connectivity index (χ0n) is 50.4. The maximum absolute atomic E-state index is 9.15. The number of ether oxygens (including phenoxy) is 5. The Hall–Kier alpha value is 5.46. The third-order valence-corrected chi connectivity index (χ3v) is 17.5. The zero-order valence-corrected chi connectivity index (χ0v) is 69.1. The fourth-order valence-corrected chi connectivity index (χ4v) is 10.9. The number of aliphatic hydroxyl groups is 6. The molecule has 5 aliphatic rings. The van der Waals surface area contributed by atoms with Crippen molar-refractivity contribution < 1.29 is 59.2 Å². The maximum atomic E-state index is 9.15. The molecule has 20 heteroatoms. The third kappa shape index (κ3) is 32.7. The van der Waals surface area contributed by atoms with Crippen LogP contribution in [0.5, 0.6) is 0 Å². The van der Waals surface area contributed by atoms with Gasteiger partial charge in [0.2, 0.25) is 0 Å². The van der Waals surface area contributed by atoms with Crippen molar-refractivity contribution >= 4 is 165 Å². The van der Waals surface area contributed by atoms with Gasteiger partial charge in [-0.25, -0.2) is 0 Å². The number of rotatable bonds is 10. The fraction of sp³-hybridized carbons (Fsp3) is 0.930. The molecule has 6 N–H and O–H groups in total. The van der Waals surface area contributed by atoms with Gasteiger partial charge in [0.25, 0.3) is 0 Å². The van der Waals surface area contributed by atoms with Crippen LogP contribution in [0, 0.1) is 71.0 Å². The molecule has 24 unspecified atom stereocenters. The van der Waals surface area contributed by atoms with Crippen molar-refractivity contribution in [1.29, 1.82) is 0 Å². The Morgan fingerprint density at radius 2 is 0.701 bits per heavy atom. The molecule has 77 heavy (non-hydrogen) atoms. The van der Waals surface area contributed by atoms with E-state index < -0.39 is 37.3 Å². The Balaban J connectivity index is -0.000000412. The molecular weight excluding hydrogens is 1930 g/mol. The average molecular weight is 2040 g/mol. The SMILES string of the molecule is C=CCC1OC(CC)C(C)C(C)C1C.CC=CC1OC(CC)C(C)C(C)C1C.CCC1OC(CC)C(C)C(C)C1C.CCC1OC(CO)C(C)C(C)C1C.CI.ICI.II.OCC1OC(O)C(O)C(O)C1O.[I][V]([I])[I]. The second-order valence-electron chi connectivity index (χ2n) is 21.4. The Kier molecular flexibility index (Phi) is 60.3. The van der Waals surface area contributed by atoms with Gasteiger partial charge in [-0.05, 0) is 121 Å². The summed E-state index contributed by atoms with van der Waals surface area (Å²) in [5.41, 5.74) is 0. The molecule has 5 fully saturated rings. The second kappa shape index (κ2) is 52.3. The molecule has 0 spiro atoms. The summed E-state index contributed by atoms with van der Waals surface area (Å²) in [5.74, 6) is 8.20. The third-order valence-electron chi connectivity index (χ3n) is 17.5. The van der Waals surface area contributed by atoms with Crippen molar-refractivity contribution in [3.63, 3.8) is 0 Å². The van der Waals surface area contributed by atoms with E-state index in [2.05, 4.69) is 313 Å². The van der Waals surface area contributed by atoms with Crippen molar-refractivity contribution in [2.24, 2.45) is 71.0 Å². The normalized spacial score (nSPS) is 40.2. The molecule has 5 aliphatic heterocycles. The number of alkyl halides is 3. The summed E-state index contributed by atoms with van der Waals surface area (Å²) in [5, 5.41) is 53.8. The Morgan fingerprint density at radius 3 is 1.00 bits per heavy atom. The zero-order chi connectivity index (χ0) is 61.0. The Labute approximate surface area is 574 Å². The van der Waals surface area contributed by atoms with Crippen molar-refractivity contribution in [3.8, 4) is 0 Å². The van der Waals surface area contributed by atoms with Gasteiger partial charge in [-0.2, -0.15) is 0 Å². The first-order chi connectivity index (χ1) is 36.2. The summed E-state index contributed by atoms with van der Waals surface area (Å²) in [7, 11) is 0. The number of allylic oxidation sites excluding steroid dienone is 1. The van der Waals surface area contributed by atoms with Crippen LogP contribution in [0.3, 0.4) is 0 Å². The molecular formula is C57H111I8O11V. The molecule has 5 saturated heterocycles. The number of hydrogen-bond donors (Lipinski definition) is 6. The summed E-state index contributed by atoms with van der Waals surface area (Å²) in [6.07, 6.45) is 8.88. The molecule has 0 amide bonds. The van der Waals surface area contributed by atoms with Crippen LogP contribution >= 0.6 is 165 Å². The van der Waals surface area contributed by atoms with E-state index >= 15 is 0 Å². The van der Waals surface area contributed by atoms with Crippen molar-refractivity contribution in [3.05, 3.63) is 24.8 Å². The van der Waals surface area contributed by atoms with Gasteiger partial charge in [0.05, 0.1) is 64.5 Å². The molecule has 11 nitrogen and oxygen atoms in total. The van der Waals surface area contributed by atoms with Crippen LogP contribution in [0.2, 0.25) is 0 Å². The Bertz CT molecular complexity index is 1320. The first kappa shape index (κ1) is 88.9. The molecule has 24 atom stereocenters. The van der Waals surface area contributed by atoms with E-state index in [0.717, 1.165) is 68.1 Å². The average Bonchev–Trinajstić information content (AvgIpc) is 3.42. The molecule has 0 aromatic carbocycles. The summed E-state index contributed by atoms with van der Waals surface area (Å²) in [4.78, 5) is 1.69. The van der Waals surface area contributed by atoms with Gasteiger partial charge in [-0.3, -0.25) is 0 Å². The van der Waals surface area contributed by atoms with Crippen LogP contribution in [-0.2, 0) is 28.6 Å². The number of halogens is 8. The molecule has 5 heterocycles. The van der Waals surface area contributed by atoms with E-state index in [1.807, 2.05) is 11.0 Å². The summed E-state index contributed by atoms with van der Waals surface area (Å²) in [6.45, 7) is 44.3. The molecule has 0 aromatic heterocycles. The molecule has 0 radical (unpaired) electrons. The van der Waals surface area contributed by atoms with Gasteiger partial charge in [-0.15, -0.1) is 6.58 Å². The van der Waals surface area contributed by atoms with Crippen LogP contribution in [0.4, 0.5) is 0 Å². The summed E-state index contributed by atoms with van der Waals surface area (Å²) in [6, 6.07) is 0. The van der Waals surface area contributed by atoms with Crippen LogP contribution in [-0.4, -0.2) is 131 Å². The molecule has 0 saturated carbocycles. The molecule has 5 rings (SSSR count). The van der Waals surface area contributed by atoms with E-state index in [1.165, 1.54) is 2.43 Å². The molecule has 466 valence electrons. The first-order valence-electron chi connectivity index (χ1n) is 28.0. The minimum absolute atomic E-state index is 0.0520. The summed E-state index contributed by atoms with van der Waals surface area (Å²) < 4.78 is 29.9. The topological polar surface area (TPSA) is 168 Å². The van der Waals surface area contributed by atoms with Gasteiger partial charge < -0.3 is 54.3 Å². The number of hydrogen-bond acceptors (Lipinski definition) is 11.